The second-order valence-electron chi connectivity index (χ2n) is 4.30. The fourth-order valence-electron chi connectivity index (χ4n) is 1.90. The van der Waals surface area contributed by atoms with Gasteiger partial charge in [0, 0.05) is 12.4 Å². The van der Waals surface area contributed by atoms with Gasteiger partial charge < -0.3 is 10.1 Å². The molecule has 0 saturated heterocycles. The van der Waals surface area contributed by atoms with E-state index < -0.39 is 10.0 Å². The summed E-state index contributed by atoms with van der Waals surface area (Å²) in [5, 5.41) is 9.29. The van der Waals surface area contributed by atoms with Gasteiger partial charge in [0.05, 0.1) is 18.0 Å². The molecular weight excluding hydrogens is 278 g/mol. The summed E-state index contributed by atoms with van der Waals surface area (Å²) >= 11 is 0. The van der Waals surface area contributed by atoms with Crippen molar-refractivity contribution >= 4 is 10.0 Å². The van der Waals surface area contributed by atoms with Crippen molar-refractivity contribution in [2.24, 2.45) is 0 Å². The van der Waals surface area contributed by atoms with E-state index in [9.17, 15) is 13.5 Å². The number of aromatic nitrogens is 2. The largest absolute Gasteiger partial charge is 0.392 e. The minimum absolute atomic E-state index is 0.0965. The van der Waals surface area contributed by atoms with Crippen LogP contribution in [0, 0.1) is 0 Å². The van der Waals surface area contributed by atoms with E-state index in [-0.39, 0.29) is 18.0 Å². The highest BCUT2D eigenvalue weighted by Crippen LogP contribution is 2.17. The Kier molecular flexibility index (Phi) is 4.53. The topological polar surface area (TPSA) is 95.1 Å². The maximum Gasteiger partial charge on any atom is 0.240 e. The fraction of sp³-hybridized carbons (Fsp3) is 0.308. The van der Waals surface area contributed by atoms with Gasteiger partial charge in [-0.2, -0.15) is 0 Å². The van der Waals surface area contributed by atoms with E-state index in [1.54, 1.807) is 24.5 Å². The second-order valence-corrected chi connectivity index (χ2v) is 6.07. The summed E-state index contributed by atoms with van der Waals surface area (Å²) in [6.45, 7) is 1.88. The number of aromatic amines is 1. The smallest absolute Gasteiger partial charge is 0.240 e. The first-order valence-corrected chi connectivity index (χ1v) is 7.75. The first kappa shape index (κ1) is 14.7. The lowest BCUT2D eigenvalue weighted by Crippen LogP contribution is -2.24. The Morgan fingerprint density at radius 2 is 2.15 bits per heavy atom. The molecule has 1 aromatic carbocycles. The predicted molar refractivity (Wildman–Crippen MR) is 74.4 cm³/mol. The van der Waals surface area contributed by atoms with Gasteiger partial charge in [-0.05, 0) is 29.7 Å². The molecule has 2 aromatic rings. The molecule has 6 nitrogen and oxygen atoms in total. The van der Waals surface area contributed by atoms with E-state index in [0.717, 1.165) is 12.0 Å². The number of aliphatic hydroxyl groups excluding tert-OH is 1. The molecule has 7 heteroatoms. The van der Waals surface area contributed by atoms with Gasteiger partial charge in [0.2, 0.25) is 10.0 Å². The number of benzene rings is 1. The van der Waals surface area contributed by atoms with E-state index in [1.165, 1.54) is 6.07 Å². The summed E-state index contributed by atoms with van der Waals surface area (Å²) in [7, 11) is -3.62. The Hall–Kier alpha value is -1.70. The number of imidazole rings is 1. The van der Waals surface area contributed by atoms with Gasteiger partial charge in [-0.3, -0.25) is 0 Å². The van der Waals surface area contributed by atoms with Crippen molar-refractivity contribution in [2.75, 3.05) is 0 Å². The molecule has 1 heterocycles. The van der Waals surface area contributed by atoms with Gasteiger partial charge in [0.15, 0.2) is 0 Å². The van der Waals surface area contributed by atoms with Crippen molar-refractivity contribution in [3.8, 4) is 0 Å². The molecule has 0 fully saturated rings. The van der Waals surface area contributed by atoms with Crippen molar-refractivity contribution in [1.82, 2.24) is 14.7 Å². The average Bonchev–Trinajstić information content (AvgIpc) is 2.97. The first-order valence-electron chi connectivity index (χ1n) is 6.27. The van der Waals surface area contributed by atoms with Crippen LogP contribution in [0.1, 0.15) is 23.9 Å². The number of aliphatic hydroxyl groups is 1. The Bertz CT molecular complexity index is 666. The molecule has 0 amide bonds. The van der Waals surface area contributed by atoms with Crippen molar-refractivity contribution in [1.29, 1.82) is 0 Å². The summed E-state index contributed by atoms with van der Waals surface area (Å²) in [4.78, 5) is 6.92. The Morgan fingerprint density at radius 3 is 2.75 bits per heavy atom. The number of hydrogen-bond donors (Lipinski definition) is 3. The number of H-pyrrole nitrogens is 1. The Balaban J connectivity index is 2.20. The van der Waals surface area contributed by atoms with Crippen molar-refractivity contribution in [3.63, 3.8) is 0 Å². The van der Waals surface area contributed by atoms with Crippen LogP contribution in [-0.2, 0) is 29.6 Å². The van der Waals surface area contributed by atoms with Crippen LogP contribution in [-0.4, -0.2) is 23.5 Å². The lowest BCUT2D eigenvalue weighted by molar-refractivity contribution is 0.280. The molecule has 0 aliphatic carbocycles. The number of hydrogen-bond acceptors (Lipinski definition) is 4. The quantitative estimate of drug-likeness (QED) is 0.739. The number of rotatable bonds is 6. The number of nitrogens with zero attached hydrogens (tertiary/aromatic N) is 1. The predicted octanol–water partition coefficient (Wildman–Crippen LogP) is 0.943. The molecule has 1 aromatic heterocycles. The Morgan fingerprint density at radius 1 is 1.35 bits per heavy atom. The molecule has 0 bridgehead atoms. The van der Waals surface area contributed by atoms with Gasteiger partial charge in [0.25, 0.3) is 0 Å². The molecular formula is C13H17N3O3S. The zero-order valence-electron chi connectivity index (χ0n) is 11.1. The van der Waals surface area contributed by atoms with Crippen LogP contribution in [0.25, 0.3) is 0 Å². The van der Waals surface area contributed by atoms with Crippen LogP contribution in [0.3, 0.4) is 0 Å². The zero-order chi connectivity index (χ0) is 14.6. The number of nitrogens with one attached hydrogen (secondary N) is 2. The Labute approximate surface area is 117 Å². The van der Waals surface area contributed by atoms with Crippen LogP contribution >= 0.6 is 0 Å². The van der Waals surface area contributed by atoms with Gasteiger partial charge in [-0.15, -0.1) is 0 Å². The van der Waals surface area contributed by atoms with Crippen LogP contribution < -0.4 is 4.72 Å². The minimum Gasteiger partial charge on any atom is -0.392 e. The standard InChI is InChI=1S/C13H17N3O3S/c1-2-10-3-4-12(7-11(10)9-17)20(18,19)16-8-13-14-5-6-15-13/h3-7,16-17H,2,8-9H2,1H3,(H,14,15). The third-order valence-corrected chi connectivity index (χ3v) is 4.42. The van der Waals surface area contributed by atoms with Gasteiger partial charge in [-0.1, -0.05) is 13.0 Å². The lowest BCUT2D eigenvalue weighted by Gasteiger charge is -2.10. The molecule has 2 rings (SSSR count). The highest BCUT2D eigenvalue weighted by Gasteiger charge is 2.15. The number of aryl methyl sites for hydroxylation is 1. The average molecular weight is 295 g/mol. The minimum atomic E-state index is -3.62. The molecule has 20 heavy (non-hydrogen) atoms. The molecule has 0 saturated carbocycles. The van der Waals surface area contributed by atoms with Crippen LogP contribution in [0.5, 0.6) is 0 Å². The lowest BCUT2D eigenvalue weighted by atomic mass is 10.1. The molecule has 0 unspecified atom stereocenters. The molecule has 0 radical (unpaired) electrons. The van der Waals surface area contributed by atoms with Crippen molar-refractivity contribution < 1.29 is 13.5 Å². The fourth-order valence-corrected chi connectivity index (χ4v) is 2.94. The van der Waals surface area contributed by atoms with E-state index in [1.807, 2.05) is 6.92 Å². The summed E-state index contributed by atoms with van der Waals surface area (Å²) in [5.41, 5.74) is 1.57. The number of sulfonamides is 1. The van der Waals surface area contributed by atoms with Gasteiger partial charge >= 0.3 is 0 Å². The van der Waals surface area contributed by atoms with E-state index in [2.05, 4.69) is 14.7 Å². The van der Waals surface area contributed by atoms with Crippen LogP contribution in [0.2, 0.25) is 0 Å². The summed E-state index contributed by atoms with van der Waals surface area (Å²) < 4.78 is 26.8. The third-order valence-electron chi connectivity index (χ3n) is 3.02. The summed E-state index contributed by atoms with van der Waals surface area (Å²) in [5.74, 6) is 0.543. The molecule has 108 valence electrons. The highest BCUT2D eigenvalue weighted by molar-refractivity contribution is 7.89. The summed E-state index contributed by atoms with van der Waals surface area (Å²) in [6, 6.07) is 4.78. The van der Waals surface area contributed by atoms with E-state index in [4.69, 9.17) is 0 Å². The molecule has 3 N–H and O–H groups in total. The van der Waals surface area contributed by atoms with Crippen molar-refractivity contribution in [2.45, 2.75) is 31.4 Å². The molecule has 0 atom stereocenters. The zero-order valence-corrected chi connectivity index (χ0v) is 11.9. The van der Waals surface area contributed by atoms with E-state index in [0.29, 0.717) is 11.4 Å². The molecule has 0 aliphatic rings. The van der Waals surface area contributed by atoms with Crippen LogP contribution in [0.15, 0.2) is 35.5 Å². The van der Waals surface area contributed by atoms with Crippen LogP contribution in [0.4, 0.5) is 0 Å². The highest BCUT2D eigenvalue weighted by atomic mass is 32.2. The van der Waals surface area contributed by atoms with Gasteiger partial charge in [0.1, 0.15) is 5.82 Å². The van der Waals surface area contributed by atoms with E-state index >= 15 is 0 Å². The SMILES string of the molecule is CCc1ccc(S(=O)(=O)NCc2ncc[nH]2)cc1CO. The monoisotopic (exact) mass is 295 g/mol. The van der Waals surface area contributed by atoms with Gasteiger partial charge in [-0.25, -0.2) is 18.1 Å². The second kappa shape index (κ2) is 6.17. The first-order chi connectivity index (χ1) is 9.56. The molecule has 0 aliphatic heterocycles. The third kappa shape index (κ3) is 3.24. The molecule has 0 spiro atoms. The maximum atomic E-state index is 12.2. The van der Waals surface area contributed by atoms with Crippen molar-refractivity contribution in [3.05, 3.63) is 47.5 Å². The maximum absolute atomic E-state index is 12.2. The summed E-state index contributed by atoms with van der Waals surface area (Å²) in [6.07, 6.45) is 3.93. The normalized spacial score (nSPS) is 11.7.